The lowest BCUT2D eigenvalue weighted by atomic mass is 9.73. The Labute approximate surface area is 174 Å². The topological polar surface area (TPSA) is 83.5 Å². The zero-order valence-corrected chi connectivity index (χ0v) is 18.1. The molecule has 2 heterocycles. The fourth-order valence-electron chi connectivity index (χ4n) is 4.28. The van der Waals surface area contributed by atoms with Gasteiger partial charge in [0.2, 0.25) is 11.8 Å². The molecule has 2 aliphatic rings. The number of hydrogen-bond donors (Lipinski definition) is 3. The van der Waals surface area contributed by atoms with Gasteiger partial charge in [-0.25, -0.2) is 4.98 Å². The summed E-state index contributed by atoms with van der Waals surface area (Å²) >= 11 is 0. The summed E-state index contributed by atoms with van der Waals surface area (Å²) in [6.45, 7) is 12.2. The number of rotatable bonds is 7. The molecule has 6 nitrogen and oxygen atoms in total. The predicted octanol–water partition coefficient (Wildman–Crippen LogP) is 3.06. The predicted molar refractivity (Wildman–Crippen MR) is 114 cm³/mol. The van der Waals surface area contributed by atoms with Crippen molar-refractivity contribution in [2.24, 2.45) is 5.41 Å². The van der Waals surface area contributed by atoms with Gasteiger partial charge in [0, 0.05) is 37.7 Å². The Morgan fingerprint density at radius 3 is 2.76 bits per heavy atom. The molecule has 1 fully saturated rings. The van der Waals surface area contributed by atoms with E-state index in [9.17, 15) is 9.90 Å². The van der Waals surface area contributed by atoms with Gasteiger partial charge in [0.1, 0.15) is 5.60 Å². The van der Waals surface area contributed by atoms with Crippen LogP contribution in [0.1, 0.15) is 70.5 Å². The number of fused-ring (bicyclic) bond motifs is 1. The first-order valence-corrected chi connectivity index (χ1v) is 10.6. The highest BCUT2D eigenvalue weighted by Gasteiger charge is 2.46. The molecule has 0 aromatic carbocycles. The van der Waals surface area contributed by atoms with Gasteiger partial charge in [-0.05, 0) is 42.7 Å². The molecular weight excluding hydrogens is 366 g/mol. The first-order chi connectivity index (χ1) is 13.6. The second-order valence-electron chi connectivity index (χ2n) is 9.81. The van der Waals surface area contributed by atoms with Crippen LogP contribution in [0.5, 0.6) is 5.88 Å². The number of nitrogens with zero attached hydrogens (tertiary/aromatic N) is 1. The van der Waals surface area contributed by atoms with Crippen LogP contribution < -0.4 is 15.4 Å². The Balaban J connectivity index is 1.77. The van der Waals surface area contributed by atoms with E-state index in [1.54, 1.807) is 6.08 Å². The minimum absolute atomic E-state index is 0.0592. The largest absolute Gasteiger partial charge is 0.471 e. The molecule has 1 aromatic heterocycles. The summed E-state index contributed by atoms with van der Waals surface area (Å²) in [5.41, 5.74) is 2.30. The van der Waals surface area contributed by atoms with Gasteiger partial charge in [-0.2, -0.15) is 0 Å². The van der Waals surface area contributed by atoms with Crippen molar-refractivity contribution in [2.45, 2.75) is 83.6 Å². The van der Waals surface area contributed by atoms with Crippen molar-refractivity contribution in [3.05, 3.63) is 36.0 Å². The van der Waals surface area contributed by atoms with E-state index in [-0.39, 0.29) is 23.0 Å². The standard InChI is InChI=1S/C23H35N3O3/c1-6-18(26-15(2)27)20(28)14-24-19-12-23(8-7-9-23)29-21-17(19)10-16(13-25-21)11-22(3,4)5/h6,10,13,18-20,24,28H,1,7-9,11-12,14H2,2-5H3,(H,26,27)/t18-,19-,20+/m0/s1. The summed E-state index contributed by atoms with van der Waals surface area (Å²) in [6, 6.07) is 1.77. The fourth-order valence-corrected chi connectivity index (χ4v) is 4.28. The molecule has 6 heteroatoms. The molecule has 29 heavy (non-hydrogen) atoms. The third kappa shape index (κ3) is 5.37. The Bertz CT molecular complexity index is 752. The van der Waals surface area contributed by atoms with Gasteiger partial charge in [0.25, 0.3) is 0 Å². The van der Waals surface area contributed by atoms with Crippen LogP contribution in [0.3, 0.4) is 0 Å². The number of aliphatic hydroxyl groups is 1. The van der Waals surface area contributed by atoms with Crippen molar-refractivity contribution in [3.8, 4) is 5.88 Å². The van der Waals surface area contributed by atoms with Crippen LogP contribution in [0, 0.1) is 5.41 Å². The van der Waals surface area contributed by atoms with Crippen molar-refractivity contribution >= 4 is 5.91 Å². The van der Waals surface area contributed by atoms with Gasteiger partial charge < -0.3 is 20.5 Å². The molecule has 160 valence electrons. The van der Waals surface area contributed by atoms with E-state index >= 15 is 0 Å². The molecule has 0 bridgehead atoms. The summed E-state index contributed by atoms with van der Waals surface area (Å²) in [5, 5.41) is 16.8. The number of aliphatic hydroxyl groups excluding tert-OH is 1. The van der Waals surface area contributed by atoms with Gasteiger partial charge in [0.05, 0.1) is 12.1 Å². The fraction of sp³-hybridized carbons (Fsp3) is 0.652. The van der Waals surface area contributed by atoms with Crippen LogP contribution in [0.15, 0.2) is 24.9 Å². The lowest BCUT2D eigenvalue weighted by Crippen LogP contribution is -2.51. The Kier molecular flexibility index (Phi) is 6.34. The van der Waals surface area contributed by atoms with E-state index in [0.717, 1.165) is 31.2 Å². The molecular formula is C23H35N3O3. The Hall–Kier alpha value is -1.92. The number of carbonyl (C=O) groups excluding carboxylic acids is 1. The number of hydrogen-bond acceptors (Lipinski definition) is 5. The van der Waals surface area contributed by atoms with E-state index in [0.29, 0.717) is 12.4 Å². The average molecular weight is 402 g/mol. The maximum absolute atomic E-state index is 11.4. The van der Waals surface area contributed by atoms with Crippen molar-refractivity contribution in [1.82, 2.24) is 15.6 Å². The number of amides is 1. The monoisotopic (exact) mass is 401 g/mol. The molecule has 1 aliphatic heterocycles. The summed E-state index contributed by atoms with van der Waals surface area (Å²) in [4.78, 5) is 16.0. The highest BCUT2D eigenvalue weighted by atomic mass is 16.5. The van der Waals surface area contributed by atoms with E-state index in [2.05, 4.69) is 49.0 Å². The molecule has 1 saturated carbocycles. The number of carbonyl (C=O) groups is 1. The summed E-state index contributed by atoms with van der Waals surface area (Å²) in [6.07, 6.45) is 7.81. The van der Waals surface area contributed by atoms with E-state index in [1.807, 2.05) is 6.20 Å². The van der Waals surface area contributed by atoms with Gasteiger partial charge in [-0.1, -0.05) is 26.8 Å². The molecule has 3 N–H and O–H groups in total. The van der Waals surface area contributed by atoms with Crippen LogP contribution in [0.25, 0.3) is 0 Å². The summed E-state index contributed by atoms with van der Waals surface area (Å²) in [7, 11) is 0. The van der Waals surface area contributed by atoms with Gasteiger partial charge in [-0.3, -0.25) is 4.79 Å². The normalized spacial score (nSPS) is 22.0. The molecule has 1 aromatic rings. The molecule has 1 aliphatic carbocycles. The second-order valence-corrected chi connectivity index (χ2v) is 9.81. The number of aromatic nitrogens is 1. The zero-order chi connectivity index (χ0) is 21.2. The van der Waals surface area contributed by atoms with E-state index in [4.69, 9.17) is 4.74 Å². The second kappa shape index (κ2) is 8.44. The van der Waals surface area contributed by atoms with Crippen LogP contribution in [-0.2, 0) is 11.2 Å². The van der Waals surface area contributed by atoms with E-state index < -0.39 is 12.1 Å². The minimum atomic E-state index is -0.759. The van der Waals surface area contributed by atoms with Gasteiger partial charge >= 0.3 is 0 Å². The molecule has 1 amide bonds. The number of pyridine rings is 1. The molecule has 1 spiro atoms. The molecule has 0 radical (unpaired) electrons. The lowest BCUT2D eigenvalue weighted by Gasteiger charge is -2.47. The van der Waals surface area contributed by atoms with Crippen molar-refractivity contribution in [2.75, 3.05) is 6.54 Å². The third-order valence-electron chi connectivity index (χ3n) is 5.81. The van der Waals surface area contributed by atoms with Crippen molar-refractivity contribution in [3.63, 3.8) is 0 Å². The van der Waals surface area contributed by atoms with Gasteiger partial charge in [0.15, 0.2) is 0 Å². The van der Waals surface area contributed by atoms with Crippen molar-refractivity contribution < 1.29 is 14.6 Å². The Morgan fingerprint density at radius 1 is 1.48 bits per heavy atom. The van der Waals surface area contributed by atoms with Crippen LogP contribution in [-0.4, -0.2) is 40.3 Å². The first kappa shape index (κ1) is 21.8. The molecule has 0 saturated heterocycles. The lowest BCUT2D eigenvalue weighted by molar-refractivity contribution is -0.120. The average Bonchev–Trinajstić information content (AvgIpc) is 2.61. The molecule has 0 unspecified atom stereocenters. The van der Waals surface area contributed by atoms with Crippen molar-refractivity contribution in [1.29, 1.82) is 0 Å². The maximum atomic E-state index is 11.4. The van der Waals surface area contributed by atoms with Gasteiger partial charge in [-0.15, -0.1) is 6.58 Å². The van der Waals surface area contributed by atoms with Crippen LogP contribution >= 0.6 is 0 Å². The molecule has 3 rings (SSSR count). The minimum Gasteiger partial charge on any atom is -0.471 e. The number of nitrogens with one attached hydrogen (secondary N) is 2. The quantitative estimate of drug-likeness (QED) is 0.612. The highest BCUT2D eigenvalue weighted by Crippen LogP contribution is 2.48. The van der Waals surface area contributed by atoms with Crippen LogP contribution in [0.4, 0.5) is 0 Å². The molecule has 3 atom stereocenters. The SMILES string of the molecule is C=C[C@H](NC(C)=O)[C@H](O)CN[C@H]1CC2(CCC2)Oc2ncc(CC(C)(C)C)cc21. The number of ether oxygens (including phenoxy) is 1. The summed E-state index contributed by atoms with van der Waals surface area (Å²) in [5.74, 6) is 0.525. The third-order valence-corrected chi connectivity index (χ3v) is 5.81. The first-order valence-electron chi connectivity index (χ1n) is 10.6. The Morgan fingerprint density at radius 2 is 2.21 bits per heavy atom. The zero-order valence-electron chi connectivity index (χ0n) is 18.1. The van der Waals surface area contributed by atoms with Crippen LogP contribution in [0.2, 0.25) is 0 Å². The summed E-state index contributed by atoms with van der Waals surface area (Å²) < 4.78 is 6.31. The smallest absolute Gasteiger partial charge is 0.218 e. The highest BCUT2D eigenvalue weighted by molar-refractivity contribution is 5.73. The van der Waals surface area contributed by atoms with E-state index in [1.165, 1.54) is 18.9 Å². The maximum Gasteiger partial charge on any atom is 0.218 e.